The van der Waals surface area contributed by atoms with E-state index in [9.17, 15) is 9.59 Å². The molecule has 1 atom stereocenters. The highest BCUT2D eigenvalue weighted by molar-refractivity contribution is 5.96. The van der Waals surface area contributed by atoms with Crippen LogP contribution in [0, 0.1) is 0 Å². The van der Waals surface area contributed by atoms with Gasteiger partial charge in [0.2, 0.25) is 11.8 Å². The quantitative estimate of drug-likeness (QED) is 0.715. The molecular formula is C23H25N3O3. The summed E-state index contributed by atoms with van der Waals surface area (Å²) in [6.07, 6.45) is 0.807. The van der Waals surface area contributed by atoms with Crippen LogP contribution < -0.4 is 10.2 Å². The van der Waals surface area contributed by atoms with E-state index in [1.165, 1.54) is 0 Å². The van der Waals surface area contributed by atoms with Crippen LogP contribution in [-0.4, -0.2) is 36.9 Å². The van der Waals surface area contributed by atoms with Crippen molar-refractivity contribution in [3.05, 3.63) is 59.9 Å². The minimum Gasteiger partial charge on any atom is -0.459 e. The first-order valence-electron chi connectivity index (χ1n) is 9.82. The third-order valence-corrected chi connectivity index (χ3v) is 5.55. The fourth-order valence-corrected chi connectivity index (χ4v) is 3.80. The monoisotopic (exact) mass is 391 g/mol. The van der Waals surface area contributed by atoms with Crippen molar-refractivity contribution in [2.45, 2.75) is 26.3 Å². The maximum atomic E-state index is 12.6. The first kappa shape index (κ1) is 19.2. The number of rotatable bonds is 5. The van der Waals surface area contributed by atoms with Gasteiger partial charge in [0.25, 0.3) is 0 Å². The number of carbonyl (C=O) groups is 2. The van der Waals surface area contributed by atoms with Gasteiger partial charge in [0, 0.05) is 30.2 Å². The van der Waals surface area contributed by atoms with Gasteiger partial charge in [0.05, 0.1) is 12.6 Å². The van der Waals surface area contributed by atoms with E-state index >= 15 is 0 Å². The lowest BCUT2D eigenvalue weighted by Gasteiger charge is -2.22. The summed E-state index contributed by atoms with van der Waals surface area (Å²) in [5.41, 5.74) is 3.63. The van der Waals surface area contributed by atoms with Crippen molar-refractivity contribution in [2.75, 3.05) is 30.4 Å². The van der Waals surface area contributed by atoms with Crippen LogP contribution in [0.2, 0.25) is 0 Å². The maximum absolute atomic E-state index is 12.6. The fraction of sp³-hybridized carbons (Fsp3) is 0.304. The minimum absolute atomic E-state index is 0.0303. The number of carbonyl (C=O) groups excluding carboxylic acids is 2. The third kappa shape index (κ3) is 3.89. The van der Waals surface area contributed by atoms with Gasteiger partial charge in [-0.1, -0.05) is 18.2 Å². The topological polar surface area (TPSA) is 65.8 Å². The van der Waals surface area contributed by atoms with E-state index in [1.807, 2.05) is 67.4 Å². The van der Waals surface area contributed by atoms with E-state index in [0.29, 0.717) is 6.54 Å². The number of benzene rings is 2. The summed E-state index contributed by atoms with van der Waals surface area (Å²) < 4.78 is 5.92. The third-order valence-electron chi connectivity index (χ3n) is 5.55. The SMILES string of the molecule is CC(=O)N1CCc2cc(NC(=O)CN(C)[C@@H](C)c3cc4ccccc4o3)ccc21. The van der Waals surface area contributed by atoms with Gasteiger partial charge in [-0.15, -0.1) is 0 Å². The Labute approximate surface area is 170 Å². The second-order valence-electron chi connectivity index (χ2n) is 7.59. The van der Waals surface area contributed by atoms with Crippen molar-refractivity contribution >= 4 is 34.2 Å². The molecule has 3 aromatic rings. The number of nitrogens with zero attached hydrogens (tertiary/aromatic N) is 2. The Kier molecular flexibility index (Phi) is 5.11. The van der Waals surface area contributed by atoms with E-state index in [1.54, 1.807) is 11.8 Å². The lowest BCUT2D eigenvalue weighted by molar-refractivity contribution is -0.118. The van der Waals surface area contributed by atoms with Crippen LogP contribution in [-0.2, 0) is 16.0 Å². The highest BCUT2D eigenvalue weighted by Crippen LogP contribution is 2.31. The number of fused-ring (bicyclic) bond motifs is 2. The van der Waals surface area contributed by atoms with E-state index < -0.39 is 0 Å². The van der Waals surface area contributed by atoms with E-state index in [4.69, 9.17) is 4.42 Å². The number of nitrogens with one attached hydrogen (secondary N) is 1. The highest BCUT2D eigenvalue weighted by Gasteiger charge is 2.23. The molecule has 1 aromatic heterocycles. The molecule has 2 aromatic carbocycles. The normalized spacial score (nSPS) is 14.3. The summed E-state index contributed by atoms with van der Waals surface area (Å²) in [5, 5.41) is 4.03. The molecular weight excluding hydrogens is 366 g/mol. The second kappa shape index (κ2) is 7.72. The number of likely N-dealkylation sites (N-methyl/N-ethyl adjacent to an activating group) is 1. The smallest absolute Gasteiger partial charge is 0.238 e. The van der Waals surface area contributed by atoms with E-state index in [-0.39, 0.29) is 24.4 Å². The van der Waals surface area contributed by atoms with Crippen molar-refractivity contribution in [3.8, 4) is 0 Å². The average molecular weight is 391 g/mol. The lowest BCUT2D eigenvalue weighted by atomic mass is 10.1. The molecule has 0 aliphatic carbocycles. The Morgan fingerprint density at radius 1 is 1.21 bits per heavy atom. The van der Waals surface area contributed by atoms with Gasteiger partial charge in [-0.25, -0.2) is 0 Å². The molecule has 1 aliphatic rings. The lowest BCUT2D eigenvalue weighted by Crippen LogP contribution is -2.32. The summed E-state index contributed by atoms with van der Waals surface area (Å²) in [5.74, 6) is 0.793. The zero-order valence-corrected chi connectivity index (χ0v) is 16.9. The number of para-hydroxylation sites is 1. The standard InChI is InChI=1S/C23H25N3O3/c1-15(22-13-18-6-4-5-7-21(18)29-22)25(3)14-23(28)24-19-8-9-20-17(12-19)10-11-26(20)16(2)27/h4-9,12-13,15H,10-11,14H2,1-3H3,(H,24,28)/t15-/m0/s1. The van der Waals surface area contributed by atoms with E-state index in [2.05, 4.69) is 5.32 Å². The van der Waals surface area contributed by atoms with Gasteiger partial charge < -0.3 is 14.6 Å². The molecule has 0 saturated carbocycles. The van der Waals surface area contributed by atoms with Crippen LogP contribution in [0.3, 0.4) is 0 Å². The summed E-state index contributed by atoms with van der Waals surface area (Å²) in [6.45, 7) is 4.54. The predicted molar refractivity (Wildman–Crippen MR) is 114 cm³/mol. The molecule has 0 unspecified atom stereocenters. The number of amides is 2. The number of hydrogen-bond acceptors (Lipinski definition) is 4. The summed E-state index contributed by atoms with van der Waals surface area (Å²) in [6, 6.07) is 15.6. The highest BCUT2D eigenvalue weighted by atomic mass is 16.3. The molecule has 6 nitrogen and oxygen atoms in total. The van der Waals surface area contributed by atoms with Gasteiger partial charge in [-0.3, -0.25) is 14.5 Å². The van der Waals surface area contributed by atoms with Crippen molar-refractivity contribution in [1.29, 1.82) is 0 Å². The zero-order valence-electron chi connectivity index (χ0n) is 16.9. The molecule has 0 radical (unpaired) electrons. The molecule has 6 heteroatoms. The number of anilines is 2. The summed E-state index contributed by atoms with van der Waals surface area (Å²) in [7, 11) is 1.91. The van der Waals surface area contributed by atoms with E-state index in [0.717, 1.165) is 40.1 Å². The Hall–Kier alpha value is -3.12. The van der Waals surface area contributed by atoms with Crippen molar-refractivity contribution in [3.63, 3.8) is 0 Å². The Bertz CT molecular complexity index is 1040. The first-order valence-corrected chi connectivity index (χ1v) is 9.82. The molecule has 0 fully saturated rings. The van der Waals surface area contributed by atoms with Gasteiger partial charge in [-0.05, 0) is 56.3 Å². The molecule has 0 saturated heterocycles. The molecule has 29 heavy (non-hydrogen) atoms. The van der Waals surface area contributed by atoms with Gasteiger partial charge >= 0.3 is 0 Å². The van der Waals surface area contributed by atoms with Crippen LogP contribution in [0.25, 0.3) is 11.0 Å². The maximum Gasteiger partial charge on any atom is 0.238 e. The molecule has 1 N–H and O–H groups in total. The largest absolute Gasteiger partial charge is 0.459 e. The Morgan fingerprint density at radius 3 is 2.76 bits per heavy atom. The van der Waals surface area contributed by atoms with Crippen molar-refractivity contribution < 1.29 is 14.0 Å². The molecule has 2 amide bonds. The molecule has 0 bridgehead atoms. The average Bonchev–Trinajstić information content (AvgIpc) is 3.30. The van der Waals surface area contributed by atoms with Crippen LogP contribution in [0.5, 0.6) is 0 Å². The number of hydrogen-bond donors (Lipinski definition) is 1. The fourth-order valence-electron chi connectivity index (χ4n) is 3.80. The summed E-state index contributed by atoms with van der Waals surface area (Å²) >= 11 is 0. The molecule has 2 heterocycles. The van der Waals surface area contributed by atoms with Crippen molar-refractivity contribution in [1.82, 2.24) is 4.90 Å². The van der Waals surface area contributed by atoms with Crippen LogP contribution in [0.4, 0.5) is 11.4 Å². The second-order valence-corrected chi connectivity index (χ2v) is 7.59. The Morgan fingerprint density at radius 2 is 2.00 bits per heavy atom. The molecule has 0 spiro atoms. The van der Waals surface area contributed by atoms with Gasteiger partial charge in [0.15, 0.2) is 0 Å². The molecule has 1 aliphatic heterocycles. The van der Waals surface area contributed by atoms with Crippen LogP contribution >= 0.6 is 0 Å². The Balaban J connectivity index is 1.40. The van der Waals surface area contributed by atoms with Crippen molar-refractivity contribution in [2.24, 2.45) is 0 Å². The first-order chi connectivity index (χ1) is 13.9. The van der Waals surface area contributed by atoms with Gasteiger partial charge in [-0.2, -0.15) is 0 Å². The summed E-state index contributed by atoms with van der Waals surface area (Å²) in [4.78, 5) is 28.0. The molecule has 150 valence electrons. The van der Waals surface area contributed by atoms with Gasteiger partial charge in [0.1, 0.15) is 11.3 Å². The zero-order chi connectivity index (χ0) is 20.5. The van der Waals surface area contributed by atoms with Crippen LogP contribution in [0.1, 0.15) is 31.2 Å². The number of furan rings is 1. The predicted octanol–water partition coefficient (Wildman–Crippen LogP) is 3.97. The minimum atomic E-state index is -0.0863. The molecule has 4 rings (SSSR count). The van der Waals surface area contributed by atoms with Crippen LogP contribution in [0.15, 0.2) is 52.9 Å².